The Kier molecular flexibility index (Phi) is 6.40. The first-order chi connectivity index (χ1) is 14.2. The SMILES string of the molecule is CC(=O)NC(c1cccc(Cc2ccc(Cn3ccccc3=O)cc2)c1)C(F)(F)F. The Morgan fingerprint density at radius 2 is 1.67 bits per heavy atom. The molecule has 1 heterocycles. The van der Waals surface area contributed by atoms with E-state index >= 15 is 0 Å². The second-order valence-electron chi connectivity index (χ2n) is 7.08. The van der Waals surface area contributed by atoms with E-state index < -0.39 is 18.1 Å². The second-order valence-corrected chi connectivity index (χ2v) is 7.08. The monoisotopic (exact) mass is 414 g/mol. The molecule has 1 atom stereocenters. The van der Waals surface area contributed by atoms with Crippen molar-refractivity contribution in [2.24, 2.45) is 0 Å². The normalized spacial score (nSPS) is 12.4. The minimum Gasteiger partial charge on any atom is -0.341 e. The van der Waals surface area contributed by atoms with Gasteiger partial charge in [-0.2, -0.15) is 13.2 Å². The van der Waals surface area contributed by atoms with Crippen LogP contribution in [0, 0.1) is 0 Å². The summed E-state index contributed by atoms with van der Waals surface area (Å²) in [7, 11) is 0. The number of nitrogens with zero attached hydrogens (tertiary/aromatic N) is 1. The summed E-state index contributed by atoms with van der Waals surface area (Å²) in [5.74, 6) is -0.740. The van der Waals surface area contributed by atoms with Crippen LogP contribution in [0.4, 0.5) is 13.2 Å². The van der Waals surface area contributed by atoms with Crippen LogP contribution in [-0.2, 0) is 17.8 Å². The molecule has 0 aliphatic rings. The Morgan fingerprint density at radius 1 is 0.967 bits per heavy atom. The average Bonchev–Trinajstić information content (AvgIpc) is 2.69. The van der Waals surface area contributed by atoms with Crippen LogP contribution >= 0.6 is 0 Å². The number of nitrogens with one attached hydrogen (secondary N) is 1. The van der Waals surface area contributed by atoms with Crippen molar-refractivity contribution < 1.29 is 18.0 Å². The molecular weight excluding hydrogens is 393 g/mol. The van der Waals surface area contributed by atoms with E-state index in [2.05, 4.69) is 0 Å². The van der Waals surface area contributed by atoms with E-state index in [1.54, 1.807) is 35.0 Å². The van der Waals surface area contributed by atoms with Crippen molar-refractivity contribution in [2.75, 3.05) is 0 Å². The third-order valence-electron chi connectivity index (χ3n) is 4.64. The van der Waals surface area contributed by atoms with Gasteiger partial charge in [0, 0.05) is 19.2 Å². The highest BCUT2D eigenvalue weighted by Gasteiger charge is 2.41. The van der Waals surface area contributed by atoms with Crippen molar-refractivity contribution in [3.05, 3.63) is 106 Å². The lowest BCUT2D eigenvalue weighted by molar-refractivity contribution is -0.162. The van der Waals surface area contributed by atoms with Gasteiger partial charge in [0.1, 0.15) is 0 Å². The van der Waals surface area contributed by atoms with Crippen LogP contribution in [0.5, 0.6) is 0 Å². The maximum Gasteiger partial charge on any atom is 0.412 e. The molecular formula is C23H21F3N2O2. The summed E-state index contributed by atoms with van der Waals surface area (Å²) in [4.78, 5) is 23.0. The fourth-order valence-electron chi connectivity index (χ4n) is 3.23. The standard InChI is InChI=1S/C23H21F3N2O2/c1-16(29)27-22(23(24,25)26)20-6-4-5-19(14-20)13-17-8-10-18(11-9-17)15-28-12-3-2-7-21(28)30/h2-12,14,22H,13,15H2,1H3,(H,27,29). The molecule has 0 aliphatic carbocycles. The summed E-state index contributed by atoms with van der Waals surface area (Å²) >= 11 is 0. The van der Waals surface area contributed by atoms with Crippen molar-refractivity contribution in [3.63, 3.8) is 0 Å². The third-order valence-corrected chi connectivity index (χ3v) is 4.64. The van der Waals surface area contributed by atoms with Crippen LogP contribution in [-0.4, -0.2) is 16.7 Å². The van der Waals surface area contributed by atoms with Gasteiger partial charge in [0.15, 0.2) is 6.04 Å². The predicted molar refractivity (Wildman–Crippen MR) is 108 cm³/mol. The number of hydrogen-bond donors (Lipinski definition) is 1. The number of alkyl halides is 3. The van der Waals surface area contributed by atoms with Gasteiger partial charge in [-0.3, -0.25) is 9.59 Å². The van der Waals surface area contributed by atoms with Crippen molar-refractivity contribution in [3.8, 4) is 0 Å². The van der Waals surface area contributed by atoms with Crippen LogP contribution in [0.25, 0.3) is 0 Å². The van der Waals surface area contributed by atoms with E-state index in [0.717, 1.165) is 18.1 Å². The molecule has 1 N–H and O–H groups in total. The fourth-order valence-corrected chi connectivity index (χ4v) is 3.23. The first-order valence-corrected chi connectivity index (χ1v) is 9.38. The van der Waals surface area contributed by atoms with Gasteiger partial charge in [-0.25, -0.2) is 0 Å². The third kappa shape index (κ3) is 5.59. The smallest absolute Gasteiger partial charge is 0.341 e. The van der Waals surface area contributed by atoms with E-state index in [9.17, 15) is 22.8 Å². The van der Waals surface area contributed by atoms with Crippen LogP contribution in [0.3, 0.4) is 0 Å². The molecule has 1 aromatic heterocycles. The lowest BCUT2D eigenvalue weighted by Crippen LogP contribution is -2.36. The van der Waals surface area contributed by atoms with Crippen LogP contribution < -0.4 is 10.9 Å². The summed E-state index contributed by atoms with van der Waals surface area (Å²) in [5, 5.41) is 1.97. The quantitative estimate of drug-likeness (QED) is 0.657. The van der Waals surface area contributed by atoms with E-state index in [-0.39, 0.29) is 11.1 Å². The molecule has 4 nitrogen and oxygen atoms in total. The molecule has 1 amide bonds. The molecule has 3 rings (SSSR count). The van der Waals surface area contributed by atoms with Gasteiger partial charge < -0.3 is 9.88 Å². The average molecular weight is 414 g/mol. The maximum atomic E-state index is 13.3. The van der Waals surface area contributed by atoms with Gasteiger partial charge in [-0.15, -0.1) is 0 Å². The van der Waals surface area contributed by atoms with Crippen molar-refractivity contribution in [1.82, 2.24) is 9.88 Å². The van der Waals surface area contributed by atoms with Gasteiger partial charge in [-0.1, -0.05) is 54.6 Å². The zero-order valence-electron chi connectivity index (χ0n) is 16.3. The Morgan fingerprint density at radius 3 is 2.30 bits per heavy atom. The minimum absolute atomic E-state index is 0.00438. The molecule has 0 spiro atoms. The number of pyridine rings is 1. The zero-order valence-corrected chi connectivity index (χ0v) is 16.3. The van der Waals surface area contributed by atoms with Crippen LogP contribution in [0.1, 0.15) is 35.2 Å². The van der Waals surface area contributed by atoms with Crippen molar-refractivity contribution in [1.29, 1.82) is 0 Å². The van der Waals surface area contributed by atoms with Crippen LogP contribution in [0.2, 0.25) is 0 Å². The van der Waals surface area contributed by atoms with E-state index in [1.807, 2.05) is 29.6 Å². The number of carbonyl (C=O) groups is 1. The zero-order chi connectivity index (χ0) is 21.7. The molecule has 0 aliphatic heterocycles. The lowest BCUT2D eigenvalue weighted by Gasteiger charge is -2.22. The van der Waals surface area contributed by atoms with Gasteiger partial charge in [0.05, 0.1) is 6.54 Å². The largest absolute Gasteiger partial charge is 0.412 e. The summed E-state index contributed by atoms with van der Waals surface area (Å²) in [6.07, 6.45) is -2.42. The molecule has 30 heavy (non-hydrogen) atoms. The first-order valence-electron chi connectivity index (χ1n) is 9.38. The molecule has 0 saturated heterocycles. The predicted octanol–water partition coefficient (Wildman–Crippen LogP) is 4.23. The topological polar surface area (TPSA) is 51.1 Å². The number of halogens is 3. The number of aromatic nitrogens is 1. The van der Waals surface area contributed by atoms with E-state index in [4.69, 9.17) is 0 Å². The van der Waals surface area contributed by atoms with Crippen molar-refractivity contribution in [2.45, 2.75) is 32.1 Å². The Balaban J connectivity index is 1.75. The molecule has 7 heteroatoms. The number of carbonyl (C=O) groups excluding carboxylic acids is 1. The molecule has 0 bridgehead atoms. The molecule has 0 saturated carbocycles. The summed E-state index contributed by atoms with van der Waals surface area (Å²) in [6.45, 7) is 1.51. The lowest BCUT2D eigenvalue weighted by atomic mass is 9.98. The molecule has 0 fully saturated rings. The summed E-state index contributed by atoms with van der Waals surface area (Å²) in [6, 6.07) is 16.6. The molecule has 2 aromatic carbocycles. The number of rotatable bonds is 6. The van der Waals surface area contributed by atoms with Gasteiger partial charge in [0.25, 0.3) is 5.56 Å². The first kappa shape index (κ1) is 21.4. The second kappa shape index (κ2) is 8.98. The van der Waals surface area contributed by atoms with Gasteiger partial charge in [-0.05, 0) is 34.7 Å². The minimum atomic E-state index is -4.58. The molecule has 0 radical (unpaired) electrons. The highest BCUT2D eigenvalue weighted by Crippen LogP contribution is 2.33. The Bertz CT molecular complexity index is 1070. The van der Waals surface area contributed by atoms with Crippen LogP contribution in [0.15, 0.2) is 77.7 Å². The van der Waals surface area contributed by atoms with E-state index in [0.29, 0.717) is 18.5 Å². The molecule has 3 aromatic rings. The number of benzene rings is 2. The van der Waals surface area contributed by atoms with Crippen molar-refractivity contribution >= 4 is 5.91 Å². The highest BCUT2D eigenvalue weighted by atomic mass is 19.4. The summed E-state index contributed by atoms with van der Waals surface area (Å²) < 4.78 is 41.6. The summed E-state index contributed by atoms with van der Waals surface area (Å²) in [5.41, 5.74) is 2.49. The van der Waals surface area contributed by atoms with Gasteiger partial charge in [0.2, 0.25) is 5.91 Å². The Hall–Kier alpha value is -3.35. The Labute approximate surface area is 172 Å². The molecule has 156 valence electrons. The highest BCUT2D eigenvalue weighted by molar-refractivity contribution is 5.73. The fraction of sp³-hybridized carbons (Fsp3) is 0.217. The maximum absolute atomic E-state index is 13.3. The number of hydrogen-bond acceptors (Lipinski definition) is 2. The molecule has 1 unspecified atom stereocenters. The number of amides is 1. The van der Waals surface area contributed by atoms with Gasteiger partial charge >= 0.3 is 6.18 Å². The van der Waals surface area contributed by atoms with E-state index in [1.165, 1.54) is 18.2 Å².